The van der Waals surface area contributed by atoms with Crippen LogP contribution in [0.1, 0.15) is 245 Å². The molecule has 0 radical (unpaired) electrons. The number of allylic oxidation sites excluding steroid dienone is 12. The Morgan fingerprint density at radius 2 is 0.802 bits per heavy atom. The van der Waals surface area contributed by atoms with Gasteiger partial charge in [0, 0.05) is 13.0 Å². The highest BCUT2D eigenvalue weighted by atomic mass is 16.7. The summed E-state index contributed by atoms with van der Waals surface area (Å²) in [5, 5.41) is 72.5. The predicted molar refractivity (Wildman–Crippen MR) is 325 cm³/mol. The van der Waals surface area contributed by atoms with E-state index in [9.17, 15) is 40.5 Å². The van der Waals surface area contributed by atoms with Crippen LogP contribution in [0.5, 0.6) is 0 Å². The van der Waals surface area contributed by atoms with Crippen LogP contribution in [0.4, 0.5) is 0 Å². The lowest BCUT2D eigenvalue weighted by Gasteiger charge is -2.42. The van der Waals surface area contributed by atoms with Crippen LogP contribution >= 0.6 is 0 Å². The van der Waals surface area contributed by atoms with E-state index in [1.54, 1.807) is 0 Å². The molecule has 14 heteroatoms. The van der Waals surface area contributed by atoms with Crippen LogP contribution in [-0.2, 0) is 33.2 Å². The second-order valence-electron chi connectivity index (χ2n) is 22.6. The van der Waals surface area contributed by atoms with E-state index in [-0.39, 0.29) is 25.6 Å². The summed E-state index contributed by atoms with van der Waals surface area (Å²) in [5.74, 6) is -0.388. The standard InChI is InChI=1S/C67H118O14/c1-3-5-7-9-11-13-15-17-19-21-23-25-27-28-29-30-32-34-36-38-40-42-44-46-48-50-59(69)79-56(53-76-51-49-47-45-43-41-39-37-35-33-31-26-24-22-20-18-16-14-12-10-8-6-4-2)54-77-66-65(75)63(73)61(71)58(81-66)55-78-67-64(74)62(72)60(70)57(52-68)80-67/h5,7,11,13,17,19,23,25,28-29,32,34,56-58,60-68,70-75H,3-4,6,8-10,12,14-16,18,20-22,24,26-27,30-31,33,35-55H2,1-2H3/b7-5-,13-11-,19-17-,25-23-,29-28-,34-32-. The van der Waals surface area contributed by atoms with E-state index in [0.717, 1.165) is 96.3 Å². The van der Waals surface area contributed by atoms with Crippen molar-refractivity contribution in [2.45, 2.75) is 313 Å². The second kappa shape index (κ2) is 52.9. The number of carbonyl (C=O) groups excluding carboxylic acids is 1. The molecule has 2 heterocycles. The molecule has 0 saturated carbocycles. The Morgan fingerprint density at radius 1 is 0.420 bits per heavy atom. The molecule has 11 unspecified atom stereocenters. The van der Waals surface area contributed by atoms with Crippen molar-refractivity contribution in [3.8, 4) is 0 Å². The number of carbonyl (C=O) groups is 1. The molecule has 7 N–H and O–H groups in total. The lowest BCUT2D eigenvalue weighted by atomic mass is 9.98. The van der Waals surface area contributed by atoms with Gasteiger partial charge in [-0.15, -0.1) is 0 Å². The first-order valence-corrected chi connectivity index (χ1v) is 32.5. The maximum Gasteiger partial charge on any atom is 0.306 e. The maximum absolute atomic E-state index is 13.1. The van der Waals surface area contributed by atoms with E-state index in [1.807, 2.05) is 0 Å². The highest BCUT2D eigenvalue weighted by Crippen LogP contribution is 2.27. The van der Waals surface area contributed by atoms with Gasteiger partial charge >= 0.3 is 5.97 Å². The van der Waals surface area contributed by atoms with Crippen molar-refractivity contribution in [3.63, 3.8) is 0 Å². The predicted octanol–water partition coefficient (Wildman–Crippen LogP) is 13.0. The van der Waals surface area contributed by atoms with Gasteiger partial charge in [0.25, 0.3) is 0 Å². The maximum atomic E-state index is 13.1. The fraction of sp³-hybridized carbons (Fsp3) is 0.806. The zero-order valence-corrected chi connectivity index (χ0v) is 50.8. The molecule has 0 bridgehead atoms. The molecule has 2 rings (SSSR count). The average molecular weight is 1150 g/mol. The van der Waals surface area contributed by atoms with E-state index >= 15 is 0 Å². The van der Waals surface area contributed by atoms with Crippen LogP contribution in [0.25, 0.3) is 0 Å². The summed E-state index contributed by atoms with van der Waals surface area (Å²) in [6.07, 6.45) is 52.5. The Labute approximate surface area is 491 Å². The lowest BCUT2D eigenvalue weighted by molar-refractivity contribution is -0.332. The van der Waals surface area contributed by atoms with Crippen LogP contribution in [0.15, 0.2) is 72.9 Å². The van der Waals surface area contributed by atoms with Gasteiger partial charge in [0.05, 0.1) is 26.4 Å². The Bertz CT molecular complexity index is 1610. The van der Waals surface area contributed by atoms with Gasteiger partial charge in [0.1, 0.15) is 54.9 Å². The molecule has 470 valence electrons. The molecular weight excluding hydrogens is 1030 g/mol. The first kappa shape index (κ1) is 74.5. The summed E-state index contributed by atoms with van der Waals surface area (Å²) in [5.41, 5.74) is 0. The molecule has 14 nitrogen and oxygen atoms in total. The summed E-state index contributed by atoms with van der Waals surface area (Å²) in [4.78, 5) is 13.1. The molecule has 0 aromatic carbocycles. The zero-order valence-electron chi connectivity index (χ0n) is 50.8. The largest absolute Gasteiger partial charge is 0.457 e. The van der Waals surface area contributed by atoms with Crippen molar-refractivity contribution < 1.29 is 69.0 Å². The van der Waals surface area contributed by atoms with Crippen molar-refractivity contribution in [2.75, 3.05) is 33.0 Å². The van der Waals surface area contributed by atoms with Gasteiger partial charge in [0.2, 0.25) is 0 Å². The molecule has 0 spiro atoms. The van der Waals surface area contributed by atoms with Crippen LogP contribution in [0.3, 0.4) is 0 Å². The molecule has 0 aliphatic carbocycles. The Morgan fingerprint density at radius 3 is 1.26 bits per heavy atom. The second-order valence-corrected chi connectivity index (χ2v) is 22.6. The number of hydrogen-bond acceptors (Lipinski definition) is 14. The van der Waals surface area contributed by atoms with Crippen molar-refractivity contribution in [1.29, 1.82) is 0 Å². The molecule has 2 saturated heterocycles. The molecule has 2 aliphatic rings. The van der Waals surface area contributed by atoms with E-state index in [4.69, 9.17) is 28.4 Å². The smallest absolute Gasteiger partial charge is 0.306 e. The number of hydrogen-bond donors (Lipinski definition) is 7. The van der Waals surface area contributed by atoms with Crippen LogP contribution in [0, 0.1) is 0 Å². The molecule has 2 aliphatic heterocycles. The molecule has 11 atom stereocenters. The Hall–Kier alpha value is -2.57. The van der Waals surface area contributed by atoms with Crippen LogP contribution in [-0.4, -0.2) is 142 Å². The molecule has 0 aromatic heterocycles. The van der Waals surface area contributed by atoms with Crippen molar-refractivity contribution >= 4 is 5.97 Å². The van der Waals surface area contributed by atoms with Crippen LogP contribution < -0.4 is 0 Å². The monoisotopic (exact) mass is 1150 g/mol. The van der Waals surface area contributed by atoms with E-state index in [0.29, 0.717) is 13.0 Å². The number of aliphatic hydroxyl groups is 7. The summed E-state index contributed by atoms with van der Waals surface area (Å²) in [6.45, 7) is 3.59. The fourth-order valence-electron chi connectivity index (χ4n) is 10.1. The van der Waals surface area contributed by atoms with Gasteiger partial charge in [-0.25, -0.2) is 0 Å². The number of ether oxygens (including phenoxy) is 6. The molecule has 2 fully saturated rings. The number of rotatable bonds is 53. The summed E-state index contributed by atoms with van der Waals surface area (Å²) >= 11 is 0. The molecular formula is C67H118O14. The first-order chi connectivity index (χ1) is 39.6. The number of aliphatic hydroxyl groups excluding tert-OH is 7. The highest BCUT2D eigenvalue weighted by molar-refractivity contribution is 5.69. The van der Waals surface area contributed by atoms with Gasteiger partial charge in [0.15, 0.2) is 12.6 Å². The molecule has 0 aromatic rings. The fourth-order valence-corrected chi connectivity index (χ4v) is 10.1. The van der Waals surface area contributed by atoms with Gasteiger partial charge in [-0.3, -0.25) is 4.79 Å². The normalized spacial score (nSPS) is 24.2. The minimum atomic E-state index is -1.71. The van der Waals surface area contributed by atoms with Crippen molar-refractivity contribution in [3.05, 3.63) is 72.9 Å². The van der Waals surface area contributed by atoms with Gasteiger partial charge in [-0.2, -0.15) is 0 Å². The molecule has 0 amide bonds. The van der Waals surface area contributed by atoms with E-state index < -0.39 is 80.7 Å². The minimum Gasteiger partial charge on any atom is -0.457 e. The SMILES string of the molecule is CC/C=C\C/C=C\C/C=C\C/C=C\C/C=C\C/C=C\CCCCCCCCC(=O)OC(COCCCCCCCCCCCCCCCCCCCCCCCC)COC1OC(COC2OC(CO)C(O)C(O)C2O)C(O)C(O)C1O. The average Bonchev–Trinajstić information content (AvgIpc) is 3.46. The quantitative estimate of drug-likeness (QED) is 0.0172. The van der Waals surface area contributed by atoms with Crippen LogP contribution in [0.2, 0.25) is 0 Å². The zero-order chi connectivity index (χ0) is 58.6. The summed E-state index contributed by atoms with van der Waals surface area (Å²) < 4.78 is 34.5. The highest BCUT2D eigenvalue weighted by Gasteiger charge is 2.47. The van der Waals surface area contributed by atoms with E-state index in [2.05, 4.69) is 86.8 Å². The number of esters is 1. The third-order valence-electron chi connectivity index (χ3n) is 15.2. The van der Waals surface area contributed by atoms with Crippen molar-refractivity contribution in [1.82, 2.24) is 0 Å². The lowest BCUT2D eigenvalue weighted by Crippen LogP contribution is -2.61. The Balaban J connectivity index is 1.68. The third kappa shape index (κ3) is 38.9. The molecule has 81 heavy (non-hydrogen) atoms. The van der Waals surface area contributed by atoms with E-state index in [1.165, 1.54) is 122 Å². The van der Waals surface area contributed by atoms with Gasteiger partial charge in [-0.1, -0.05) is 247 Å². The van der Waals surface area contributed by atoms with Gasteiger partial charge < -0.3 is 64.2 Å². The minimum absolute atomic E-state index is 0.0550. The van der Waals surface area contributed by atoms with Crippen molar-refractivity contribution in [2.24, 2.45) is 0 Å². The van der Waals surface area contributed by atoms with Gasteiger partial charge in [-0.05, 0) is 64.2 Å². The first-order valence-electron chi connectivity index (χ1n) is 32.5. The topological polar surface area (TPSA) is 214 Å². The summed E-state index contributed by atoms with van der Waals surface area (Å²) in [6, 6.07) is 0. The Kier molecular flexibility index (Phi) is 48.7. The third-order valence-corrected chi connectivity index (χ3v) is 15.2. The summed E-state index contributed by atoms with van der Waals surface area (Å²) in [7, 11) is 0. The number of unbranched alkanes of at least 4 members (excludes halogenated alkanes) is 27.